The average Bonchev–Trinajstić information content (AvgIpc) is 2.48. The van der Waals surface area contributed by atoms with Gasteiger partial charge in [0, 0.05) is 15.5 Å². The fourth-order valence-corrected chi connectivity index (χ4v) is 4.06. The molecule has 1 aliphatic rings. The smallest absolute Gasteiger partial charge is 0.409 e. The Labute approximate surface area is 139 Å². The first-order chi connectivity index (χ1) is 10.1. The Bertz CT molecular complexity index is 494. The molecular formula is C16H22INO3. The molecule has 1 saturated carbocycles. The molecule has 1 unspecified atom stereocenters. The molecule has 3 atom stereocenters. The second-order valence-corrected chi connectivity index (χ2v) is 6.72. The Kier molecular flexibility index (Phi) is 5.87. The second kappa shape index (κ2) is 7.45. The van der Waals surface area contributed by atoms with Crippen LogP contribution >= 0.6 is 22.6 Å². The largest absolute Gasteiger partial charge is 0.465 e. The molecule has 0 aliphatic heterocycles. The summed E-state index contributed by atoms with van der Waals surface area (Å²) in [4.78, 5) is 12.9. The van der Waals surface area contributed by atoms with Gasteiger partial charge in [-0.2, -0.15) is 0 Å². The van der Waals surface area contributed by atoms with Gasteiger partial charge in [0.2, 0.25) is 0 Å². The Hall–Kier alpha value is -0.820. The first-order valence-electron chi connectivity index (χ1n) is 7.50. The number of amides is 1. The maximum absolute atomic E-state index is 11.6. The van der Waals surface area contributed by atoms with E-state index in [2.05, 4.69) is 34.7 Å². The summed E-state index contributed by atoms with van der Waals surface area (Å²) in [6, 6.07) is 8.01. The number of halogens is 1. The number of nitrogens with zero attached hydrogens (tertiary/aromatic N) is 1. The van der Waals surface area contributed by atoms with E-state index in [4.69, 9.17) is 0 Å². The van der Waals surface area contributed by atoms with E-state index in [1.807, 2.05) is 19.1 Å². The van der Waals surface area contributed by atoms with E-state index in [0.29, 0.717) is 6.42 Å². The minimum Gasteiger partial charge on any atom is -0.465 e. The van der Waals surface area contributed by atoms with Crippen molar-refractivity contribution in [2.75, 3.05) is 0 Å². The van der Waals surface area contributed by atoms with Crippen LogP contribution in [0, 0.1) is 3.57 Å². The first-order valence-corrected chi connectivity index (χ1v) is 8.57. The summed E-state index contributed by atoms with van der Waals surface area (Å²) in [7, 11) is 0. The van der Waals surface area contributed by atoms with E-state index in [0.717, 1.165) is 25.7 Å². The minimum absolute atomic E-state index is 0.137. The van der Waals surface area contributed by atoms with Crippen molar-refractivity contribution in [3.05, 3.63) is 33.4 Å². The third-order valence-electron chi connectivity index (χ3n) is 4.30. The van der Waals surface area contributed by atoms with E-state index in [1.54, 1.807) is 0 Å². The fourth-order valence-electron chi connectivity index (χ4n) is 3.27. The molecule has 1 aromatic rings. The monoisotopic (exact) mass is 403 g/mol. The van der Waals surface area contributed by atoms with Crippen molar-refractivity contribution in [3.63, 3.8) is 0 Å². The van der Waals surface area contributed by atoms with Gasteiger partial charge in [-0.1, -0.05) is 38.0 Å². The van der Waals surface area contributed by atoms with Gasteiger partial charge >= 0.3 is 6.09 Å². The summed E-state index contributed by atoms with van der Waals surface area (Å²) in [6.07, 6.45) is 2.40. The van der Waals surface area contributed by atoms with Crippen molar-refractivity contribution in [3.8, 4) is 0 Å². The van der Waals surface area contributed by atoms with Crippen molar-refractivity contribution < 1.29 is 15.0 Å². The standard InChI is InChI=1S/C16H22INO3/c1-2-15(19)18(16(20)21)14-10-6-4-8-12(14)11-7-3-5-9-13(11)17/h3,5,7,9,12,14-15,19H,2,4,6,8,10H2,1H3,(H,20,21)/t12-,14-,15?/m0/s1. The number of aliphatic hydroxyl groups is 1. The SMILES string of the molecule is CCC(O)N(C(=O)O)[C@H]1CCCC[C@H]1c1ccccc1I. The lowest BCUT2D eigenvalue weighted by molar-refractivity contribution is -0.0274. The van der Waals surface area contributed by atoms with Crippen LogP contribution in [-0.2, 0) is 0 Å². The number of carbonyl (C=O) groups is 1. The zero-order valence-electron chi connectivity index (χ0n) is 12.2. The predicted octanol–water partition coefficient (Wildman–Crippen LogP) is 4.03. The molecule has 0 aromatic heterocycles. The molecule has 1 aromatic carbocycles. The summed E-state index contributed by atoms with van der Waals surface area (Å²) in [5.74, 6) is 0.171. The van der Waals surface area contributed by atoms with Crippen LogP contribution in [0.4, 0.5) is 4.79 Å². The first kappa shape index (κ1) is 16.5. The van der Waals surface area contributed by atoms with Crippen LogP contribution in [0.5, 0.6) is 0 Å². The van der Waals surface area contributed by atoms with E-state index < -0.39 is 12.3 Å². The summed E-state index contributed by atoms with van der Waals surface area (Å²) >= 11 is 2.31. The maximum atomic E-state index is 11.6. The molecule has 2 rings (SSSR count). The lowest BCUT2D eigenvalue weighted by Gasteiger charge is -2.41. The van der Waals surface area contributed by atoms with Crippen molar-refractivity contribution >= 4 is 28.7 Å². The number of carboxylic acid groups (broad SMARTS) is 1. The highest BCUT2D eigenvalue weighted by Crippen LogP contribution is 2.38. The highest BCUT2D eigenvalue weighted by molar-refractivity contribution is 14.1. The molecule has 1 fully saturated rings. The number of benzene rings is 1. The Morgan fingerprint density at radius 3 is 2.67 bits per heavy atom. The van der Waals surface area contributed by atoms with Crippen molar-refractivity contribution in [1.29, 1.82) is 0 Å². The summed E-state index contributed by atoms with van der Waals surface area (Å²) < 4.78 is 1.17. The van der Waals surface area contributed by atoms with Gasteiger partial charge in [0.1, 0.15) is 6.23 Å². The van der Waals surface area contributed by atoms with E-state index in [-0.39, 0.29) is 12.0 Å². The number of hydrogen-bond donors (Lipinski definition) is 2. The molecule has 0 saturated heterocycles. The van der Waals surface area contributed by atoms with Gasteiger partial charge in [0.05, 0.1) is 0 Å². The predicted molar refractivity (Wildman–Crippen MR) is 90.3 cm³/mol. The third-order valence-corrected chi connectivity index (χ3v) is 5.28. The highest BCUT2D eigenvalue weighted by Gasteiger charge is 2.37. The Morgan fingerprint density at radius 2 is 2.05 bits per heavy atom. The summed E-state index contributed by atoms with van der Waals surface area (Å²) in [6.45, 7) is 1.81. The molecule has 1 aliphatic carbocycles. The fraction of sp³-hybridized carbons (Fsp3) is 0.562. The minimum atomic E-state index is -1.02. The quantitative estimate of drug-likeness (QED) is 0.590. The van der Waals surface area contributed by atoms with Gasteiger partial charge in [-0.25, -0.2) is 4.79 Å². The van der Waals surface area contributed by atoms with Crippen LogP contribution in [0.1, 0.15) is 50.5 Å². The topological polar surface area (TPSA) is 60.8 Å². The number of hydrogen-bond acceptors (Lipinski definition) is 2. The lowest BCUT2D eigenvalue weighted by atomic mass is 9.79. The van der Waals surface area contributed by atoms with Gasteiger partial charge < -0.3 is 10.2 Å². The lowest BCUT2D eigenvalue weighted by Crippen LogP contribution is -2.50. The molecule has 1 amide bonds. The molecule has 0 spiro atoms. The molecule has 4 nitrogen and oxygen atoms in total. The molecular weight excluding hydrogens is 381 g/mol. The van der Waals surface area contributed by atoms with Gasteiger partial charge in [-0.3, -0.25) is 4.90 Å². The molecule has 5 heteroatoms. The highest BCUT2D eigenvalue weighted by atomic mass is 127. The average molecular weight is 403 g/mol. The van der Waals surface area contributed by atoms with Crippen molar-refractivity contribution in [2.45, 2.75) is 57.2 Å². The number of aliphatic hydroxyl groups excluding tert-OH is 1. The Morgan fingerprint density at radius 1 is 1.38 bits per heavy atom. The van der Waals surface area contributed by atoms with Crippen molar-refractivity contribution in [1.82, 2.24) is 4.90 Å². The molecule has 0 bridgehead atoms. The third kappa shape index (κ3) is 3.69. The molecule has 0 radical (unpaired) electrons. The normalized spacial score (nSPS) is 23.6. The van der Waals surface area contributed by atoms with Crippen LogP contribution in [0.25, 0.3) is 0 Å². The van der Waals surface area contributed by atoms with Crippen LogP contribution in [-0.4, -0.2) is 33.5 Å². The van der Waals surface area contributed by atoms with Crippen LogP contribution in [0.3, 0.4) is 0 Å². The van der Waals surface area contributed by atoms with Gasteiger partial charge in [-0.15, -0.1) is 0 Å². The molecule has 116 valence electrons. The zero-order chi connectivity index (χ0) is 15.4. The van der Waals surface area contributed by atoms with E-state index in [1.165, 1.54) is 14.0 Å². The number of rotatable bonds is 4. The van der Waals surface area contributed by atoms with Crippen LogP contribution in [0.15, 0.2) is 24.3 Å². The molecule has 21 heavy (non-hydrogen) atoms. The van der Waals surface area contributed by atoms with Gasteiger partial charge in [-0.05, 0) is 53.5 Å². The summed E-state index contributed by atoms with van der Waals surface area (Å²) in [5.41, 5.74) is 1.21. The van der Waals surface area contributed by atoms with E-state index in [9.17, 15) is 15.0 Å². The molecule has 2 N–H and O–H groups in total. The second-order valence-electron chi connectivity index (χ2n) is 5.56. The Balaban J connectivity index is 2.34. The van der Waals surface area contributed by atoms with Crippen LogP contribution in [0.2, 0.25) is 0 Å². The van der Waals surface area contributed by atoms with Crippen LogP contribution < -0.4 is 0 Å². The van der Waals surface area contributed by atoms with Gasteiger partial charge in [0.15, 0.2) is 0 Å². The molecule has 0 heterocycles. The zero-order valence-corrected chi connectivity index (χ0v) is 14.4. The van der Waals surface area contributed by atoms with E-state index >= 15 is 0 Å². The maximum Gasteiger partial charge on any atom is 0.409 e. The summed E-state index contributed by atoms with van der Waals surface area (Å²) in [5, 5.41) is 19.6. The van der Waals surface area contributed by atoms with Crippen molar-refractivity contribution in [2.24, 2.45) is 0 Å². The van der Waals surface area contributed by atoms with Gasteiger partial charge in [0.25, 0.3) is 0 Å².